The number of quaternary nitrogens is 1. The monoisotopic (exact) mass is 418 g/mol. The van der Waals surface area contributed by atoms with E-state index in [9.17, 15) is 14.7 Å². The highest BCUT2D eigenvalue weighted by atomic mass is 16.5. The van der Waals surface area contributed by atoms with Gasteiger partial charge in [0.05, 0.1) is 12.1 Å². The lowest BCUT2D eigenvalue weighted by atomic mass is 9.95. The molecular formula is C25H24NO5+. The Bertz CT molecular complexity index is 1260. The molecule has 31 heavy (non-hydrogen) atoms. The molecule has 158 valence electrons. The summed E-state index contributed by atoms with van der Waals surface area (Å²) in [7, 11) is 0. The van der Waals surface area contributed by atoms with E-state index in [1.165, 1.54) is 6.92 Å². The third-order valence-corrected chi connectivity index (χ3v) is 5.52. The number of carbonyl (C=O) groups excluding carboxylic acids is 1. The predicted octanol–water partition coefficient (Wildman–Crippen LogP) is 4.37. The Balaban J connectivity index is 1.79. The van der Waals surface area contributed by atoms with Gasteiger partial charge in [0.25, 0.3) is 0 Å². The zero-order valence-corrected chi connectivity index (χ0v) is 17.6. The topological polar surface area (TPSA) is 76.7 Å². The Hall–Kier alpha value is -3.60. The molecule has 1 N–H and O–H groups in total. The SMILES string of the molecule is CC(=O)Oc1ccc2c3c(c(=O)oc2c1)C[N+](C=C=C(C)O)(Cc1ccccc1)CC3. The standard InChI is InChI=1S/C25H23NO5/c1-17(27)10-12-26(15-19-6-4-3-5-7-19)13-11-21-22-9-8-20(30-18(2)28)14-24(22)31-25(29)23(21)16-26/h3-9,12,14H,11,13,15-16H2,1-2H3/p+1. The van der Waals surface area contributed by atoms with Gasteiger partial charge in [0, 0.05) is 37.3 Å². The minimum atomic E-state index is -0.429. The molecule has 1 aromatic heterocycles. The summed E-state index contributed by atoms with van der Waals surface area (Å²) in [4.78, 5) is 24.2. The summed E-state index contributed by atoms with van der Waals surface area (Å²) in [6.45, 7) is 4.76. The largest absolute Gasteiger partial charge is 0.505 e. The molecule has 3 aromatic rings. The first-order valence-electron chi connectivity index (χ1n) is 10.2. The Morgan fingerprint density at radius 3 is 2.68 bits per heavy atom. The molecule has 1 unspecified atom stereocenters. The van der Waals surface area contributed by atoms with Crippen LogP contribution < -0.4 is 10.4 Å². The van der Waals surface area contributed by atoms with Gasteiger partial charge in [0.2, 0.25) is 0 Å². The lowest BCUT2D eigenvalue weighted by molar-refractivity contribution is -0.908. The van der Waals surface area contributed by atoms with Crippen LogP contribution in [-0.4, -0.2) is 22.1 Å². The summed E-state index contributed by atoms with van der Waals surface area (Å²) in [6.07, 6.45) is 2.51. The predicted molar refractivity (Wildman–Crippen MR) is 116 cm³/mol. The Kier molecular flexibility index (Phi) is 5.51. The number of hydrogen-bond donors (Lipinski definition) is 1. The molecule has 0 amide bonds. The number of esters is 1. The summed E-state index contributed by atoms with van der Waals surface area (Å²) in [5.74, 6) is 0.0150. The second-order valence-electron chi connectivity index (χ2n) is 7.95. The van der Waals surface area contributed by atoms with Gasteiger partial charge in [0.15, 0.2) is 0 Å². The van der Waals surface area contributed by atoms with Crippen molar-refractivity contribution in [2.24, 2.45) is 0 Å². The van der Waals surface area contributed by atoms with Gasteiger partial charge in [-0.1, -0.05) is 30.3 Å². The van der Waals surface area contributed by atoms with Gasteiger partial charge in [-0.25, -0.2) is 4.79 Å². The van der Waals surface area contributed by atoms with E-state index < -0.39 is 11.6 Å². The number of rotatable bonds is 4. The van der Waals surface area contributed by atoms with Crippen molar-refractivity contribution in [1.82, 2.24) is 0 Å². The van der Waals surface area contributed by atoms with Gasteiger partial charge in [-0.15, -0.1) is 0 Å². The number of benzene rings is 2. The minimum Gasteiger partial charge on any atom is -0.505 e. The highest BCUT2D eigenvalue weighted by Gasteiger charge is 2.35. The van der Waals surface area contributed by atoms with Gasteiger partial charge >= 0.3 is 11.6 Å². The van der Waals surface area contributed by atoms with Crippen LogP contribution in [0.1, 0.15) is 30.5 Å². The average molecular weight is 418 g/mol. The third-order valence-electron chi connectivity index (χ3n) is 5.52. The van der Waals surface area contributed by atoms with Crippen LogP contribution in [0.4, 0.5) is 0 Å². The number of hydrogen-bond acceptors (Lipinski definition) is 5. The fourth-order valence-electron chi connectivity index (χ4n) is 4.16. The molecular weight excluding hydrogens is 394 g/mol. The number of aliphatic hydroxyl groups excluding tert-OH is 1. The zero-order chi connectivity index (χ0) is 22.0. The van der Waals surface area contributed by atoms with E-state index in [4.69, 9.17) is 9.15 Å². The molecule has 2 heterocycles. The number of allylic oxidation sites excluding steroid dienone is 1. The fourth-order valence-corrected chi connectivity index (χ4v) is 4.16. The quantitative estimate of drug-likeness (QED) is 0.170. The summed E-state index contributed by atoms with van der Waals surface area (Å²) < 4.78 is 11.2. The van der Waals surface area contributed by atoms with Crippen molar-refractivity contribution >= 4 is 16.9 Å². The maximum Gasteiger partial charge on any atom is 0.345 e. The molecule has 0 radical (unpaired) electrons. The molecule has 0 bridgehead atoms. The molecule has 1 atom stereocenters. The van der Waals surface area contributed by atoms with Crippen LogP contribution in [-0.2, 0) is 24.3 Å². The van der Waals surface area contributed by atoms with Crippen LogP contribution >= 0.6 is 0 Å². The van der Waals surface area contributed by atoms with E-state index in [1.54, 1.807) is 19.1 Å². The van der Waals surface area contributed by atoms with Crippen molar-refractivity contribution < 1.29 is 23.5 Å². The highest BCUT2D eigenvalue weighted by Crippen LogP contribution is 2.32. The first-order valence-corrected chi connectivity index (χ1v) is 10.2. The van der Waals surface area contributed by atoms with Crippen molar-refractivity contribution in [2.45, 2.75) is 33.4 Å². The molecule has 0 saturated carbocycles. The first-order chi connectivity index (χ1) is 14.8. The molecule has 1 aliphatic heterocycles. The molecule has 4 rings (SSSR count). The van der Waals surface area contributed by atoms with E-state index in [1.807, 2.05) is 30.5 Å². The molecule has 0 spiro atoms. The van der Waals surface area contributed by atoms with E-state index in [0.717, 1.165) is 23.1 Å². The Morgan fingerprint density at radius 2 is 1.97 bits per heavy atom. The lowest BCUT2D eigenvalue weighted by Gasteiger charge is -2.38. The van der Waals surface area contributed by atoms with E-state index in [2.05, 4.69) is 17.9 Å². The molecule has 2 aromatic carbocycles. The van der Waals surface area contributed by atoms with Crippen molar-refractivity contribution in [3.63, 3.8) is 0 Å². The van der Waals surface area contributed by atoms with E-state index in [0.29, 0.717) is 40.9 Å². The second kappa shape index (κ2) is 8.26. The third kappa shape index (κ3) is 4.45. The number of carbonyl (C=O) groups is 1. The second-order valence-corrected chi connectivity index (χ2v) is 7.95. The Morgan fingerprint density at radius 1 is 1.19 bits per heavy atom. The van der Waals surface area contributed by atoms with Gasteiger partial charge in [0.1, 0.15) is 36.4 Å². The van der Waals surface area contributed by atoms with Crippen LogP contribution in [0.25, 0.3) is 11.0 Å². The van der Waals surface area contributed by atoms with Crippen LogP contribution in [0, 0.1) is 0 Å². The smallest absolute Gasteiger partial charge is 0.345 e. The van der Waals surface area contributed by atoms with Gasteiger partial charge in [-0.2, -0.15) is 0 Å². The number of aliphatic hydroxyl groups is 1. The first kappa shape index (κ1) is 20.7. The van der Waals surface area contributed by atoms with Crippen molar-refractivity contribution in [2.75, 3.05) is 6.54 Å². The molecule has 6 heteroatoms. The maximum atomic E-state index is 12.9. The van der Waals surface area contributed by atoms with Crippen LogP contribution in [0.3, 0.4) is 0 Å². The van der Waals surface area contributed by atoms with Gasteiger partial charge in [-0.05, 0) is 23.4 Å². The lowest BCUT2D eigenvalue weighted by Crippen LogP contribution is -2.47. The molecule has 6 nitrogen and oxygen atoms in total. The number of fused-ring (bicyclic) bond motifs is 3. The summed E-state index contributed by atoms with van der Waals surface area (Å²) >= 11 is 0. The van der Waals surface area contributed by atoms with Crippen LogP contribution in [0.15, 0.2) is 75.4 Å². The molecule has 0 aliphatic carbocycles. The Labute approximate surface area is 179 Å². The summed E-state index contributed by atoms with van der Waals surface area (Å²) in [6, 6.07) is 15.2. The highest BCUT2D eigenvalue weighted by molar-refractivity contribution is 5.83. The molecule has 0 fully saturated rings. The fraction of sp³-hybridized carbons (Fsp3) is 0.240. The van der Waals surface area contributed by atoms with Gasteiger partial charge < -0.3 is 14.3 Å². The van der Waals surface area contributed by atoms with E-state index >= 15 is 0 Å². The van der Waals surface area contributed by atoms with Crippen molar-refractivity contribution in [3.8, 4) is 5.75 Å². The minimum absolute atomic E-state index is 0.0971. The number of nitrogens with zero attached hydrogens (tertiary/aromatic N) is 1. The summed E-state index contributed by atoms with van der Waals surface area (Å²) in [5.41, 5.74) is 5.67. The maximum absolute atomic E-state index is 12.9. The average Bonchev–Trinajstić information content (AvgIpc) is 2.73. The number of ether oxygens (including phenoxy) is 1. The van der Waals surface area contributed by atoms with Gasteiger partial charge in [-0.3, -0.25) is 9.28 Å². The van der Waals surface area contributed by atoms with Crippen LogP contribution in [0.2, 0.25) is 0 Å². The van der Waals surface area contributed by atoms with E-state index in [-0.39, 0.29) is 5.76 Å². The molecule has 1 aliphatic rings. The normalized spacial score (nSPS) is 17.5. The van der Waals surface area contributed by atoms with Crippen molar-refractivity contribution in [3.05, 3.63) is 93.3 Å². The van der Waals surface area contributed by atoms with Crippen molar-refractivity contribution in [1.29, 1.82) is 0 Å². The zero-order valence-electron chi connectivity index (χ0n) is 17.6. The molecule has 0 saturated heterocycles. The summed E-state index contributed by atoms with van der Waals surface area (Å²) in [5, 5.41) is 10.5. The van der Waals surface area contributed by atoms with Crippen LogP contribution in [0.5, 0.6) is 5.75 Å².